The van der Waals surface area contributed by atoms with E-state index in [1.54, 1.807) is 30.9 Å². The van der Waals surface area contributed by atoms with Gasteiger partial charge in [-0.25, -0.2) is 15.0 Å². The van der Waals surface area contributed by atoms with E-state index in [1.807, 2.05) is 41.1 Å². The van der Waals surface area contributed by atoms with Crippen LogP contribution >= 0.6 is 0 Å². The Kier molecular flexibility index (Phi) is 4.28. The van der Waals surface area contributed by atoms with Crippen molar-refractivity contribution in [3.05, 3.63) is 89.6 Å². The molecule has 2 aromatic carbocycles. The number of hydrogen-bond donors (Lipinski definition) is 1. The Morgan fingerprint density at radius 3 is 2.63 bits per heavy atom. The summed E-state index contributed by atoms with van der Waals surface area (Å²) in [7, 11) is 0. The number of nitrogens with one attached hydrogen (secondary N) is 1. The Bertz CT molecular complexity index is 1080. The molecule has 1 N–H and O–H groups in total. The smallest absolute Gasteiger partial charge is 0.271 e. The van der Waals surface area contributed by atoms with Gasteiger partial charge < -0.3 is 9.88 Å². The lowest BCUT2D eigenvalue weighted by Crippen LogP contribution is -1.98. The summed E-state index contributed by atoms with van der Waals surface area (Å²) in [6.45, 7) is 0. The molecule has 0 saturated heterocycles. The Morgan fingerprint density at radius 2 is 1.89 bits per heavy atom. The van der Waals surface area contributed by atoms with Crippen molar-refractivity contribution in [2.24, 2.45) is 0 Å². The molecule has 8 heteroatoms. The molecule has 27 heavy (non-hydrogen) atoms. The fourth-order valence-corrected chi connectivity index (χ4v) is 2.62. The van der Waals surface area contributed by atoms with Crippen LogP contribution in [0.4, 0.5) is 17.3 Å². The minimum Gasteiger partial charge on any atom is -0.324 e. The van der Waals surface area contributed by atoms with Gasteiger partial charge in [0.15, 0.2) is 0 Å². The van der Waals surface area contributed by atoms with E-state index < -0.39 is 4.92 Å². The molecule has 0 saturated carbocycles. The number of nitrogens with zero attached hydrogens (tertiary/aromatic N) is 5. The molecule has 2 heterocycles. The number of nitro groups is 1. The lowest BCUT2D eigenvalue weighted by Gasteiger charge is -2.08. The third kappa shape index (κ3) is 3.64. The van der Waals surface area contributed by atoms with Crippen LogP contribution in [0.15, 0.2) is 79.5 Å². The summed E-state index contributed by atoms with van der Waals surface area (Å²) in [4.78, 5) is 23.2. The topological polar surface area (TPSA) is 98.8 Å². The molecule has 4 rings (SSSR count). The molecule has 0 unspecified atom stereocenters. The van der Waals surface area contributed by atoms with E-state index in [0.29, 0.717) is 11.6 Å². The van der Waals surface area contributed by atoms with E-state index >= 15 is 0 Å². The summed E-state index contributed by atoms with van der Waals surface area (Å²) in [5.41, 5.74) is 3.24. The van der Waals surface area contributed by atoms with Crippen LogP contribution in [0.5, 0.6) is 0 Å². The first-order valence-electron chi connectivity index (χ1n) is 8.12. The molecule has 0 radical (unpaired) electrons. The number of anilines is 2. The number of rotatable bonds is 5. The average molecular weight is 358 g/mol. The van der Waals surface area contributed by atoms with E-state index in [2.05, 4.69) is 20.3 Å². The van der Waals surface area contributed by atoms with E-state index in [1.165, 1.54) is 12.1 Å². The fraction of sp³-hybridized carbons (Fsp3) is 0. The normalized spacial score (nSPS) is 10.5. The Morgan fingerprint density at radius 1 is 1.04 bits per heavy atom. The van der Waals surface area contributed by atoms with Crippen molar-refractivity contribution < 1.29 is 4.92 Å². The zero-order valence-electron chi connectivity index (χ0n) is 14.1. The maximum Gasteiger partial charge on any atom is 0.271 e. The highest BCUT2D eigenvalue weighted by molar-refractivity contribution is 5.64. The molecular weight excluding hydrogens is 344 g/mol. The number of nitro benzene ring substituents is 1. The van der Waals surface area contributed by atoms with Crippen molar-refractivity contribution >= 4 is 17.3 Å². The first-order chi connectivity index (χ1) is 13.2. The number of imidazole rings is 1. The average Bonchev–Trinajstić information content (AvgIpc) is 3.23. The maximum atomic E-state index is 10.9. The van der Waals surface area contributed by atoms with Crippen molar-refractivity contribution in [1.29, 1.82) is 0 Å². The van der Waals surface area contributed by atoms with E-state index in [-0.39, 0.29) is 5.69 Å². The fourth-order valence-electron chi connectivity index (χ4n) is 2.62. The van der Waals surface area contributed by atoms with Crippen LogP contribution in [-0.2, 0) is 0 Å². The molecule has 0 aliphatic heterocycles. The summed E-state index contributed by atoms with van der Waals surface area (Å²) >= 11 is 0. The van der Waals surface area contributed by atoms with Crippen LogP contribution in [0.25, 0.3) is 16.9 Å². The largest absolute Gasteiger partial charge is 0.324 e. The summed E-state index contributed by atoms with van der Waals surface area (Å²) < 4.78 is 1.92. The molecule has 0 atom stereocenters. The predicted molar refractivity (Wildman–Crippen MR) is 101 cm³/mol. The van der Waals surface area contributed by atoms with Gasteiger partial charge in [-0.15, -0.1) is 0 Å². The van der Waals surface area contributed by atoms with Gasteiger partial charge in [0.25, 0.3) is 5.69 Å². The lowest BCUT2D eigenvalue weighted by molar-refractivity contribution is -0.384. The minimum absolute atomic E-state index is 0.00578. The molecule has 4 aromatic rings. The number of hydrogen-bond acceptors (Lipinski definition) is 6. The van der Waals surface area contributed by atoms with Crippen molar-refractivity contribution in [2.75, 3.05) is 5.32 Å². The molecule has 8 nitrogen and oxygen atoms in total. The van der Waals surface area contributed by atoms with Crippen LogP contribution in [0.2, 0.25) is 0 Å². The van der Waals surface area contributed by atoms with Crippen molar-refractivity contribution in [1.82, 2.24) is 19.5 Å². The minimum atomic E-state index is -0.440. The standard InChI is InChI=1S/C19H14N6O2/c26-25(27)17-3-1-2-15(12-17)22-19-21-9-8-18(23-19)14-4-6-16(7-5-14)24-11-10-20-13-24/h1-13H,(H,21,22,23). The number of benzene rings is 2. The third-order valence-corrected chi connectivity index (χ3v) is 3.93. The van der Waals surface area contributed by atoms with Gasteiger partial charge in [-0.3, -0.25) is 10.1 Å². The van der Waals surface area contributed by atoms with Gasteiger partial charge in [0.2, 0.25) is 5.95 Å². The second-order valence-electron chi connectivity index (χ2n) is 5.71. The van der Waals surface area contributed by atoms with E-state index in [4.69, 9.17) is 0 Å². The highest BCUT2D eigenvalue weighted by atomic mass is 16.6. The second-order valence-corrected chi connectivity index (χ2v) is 5.71. The van der Waals surface area contributed by atoms with Crippen molar-refractivity contribution in [2.45, 2.75) is 0 Å². The molecule has 0 spiro atoms. The quantitative estimate of drug-likeness (QED) is 0.428. The lowest BCUT2D eigenvalue weighted by atomic mass is 10.1. The third-order valence-electron chi connectivity index (χ3n) is 3.93. The number of non-ortho nitro benzene ring substituents is 1. The van der Waals surface area contributed by atoms with Gasteiger partial charge in [0.1, 0.15) is 0 Å². The van der Waals surface area contributed by atoms with Crippen LogP contribution in [-0.4, -0.2) is 24.4 Å². The highest BCUT2D eigenvalue weighted by Crippen LogP contribution is 2.23. The van der Waals surface area contributed by atoms with Gasteiger partial charge in [-0.05, 0) is 24.3 Å². The van der Waals surface area contributed by atoms with Crippen LogP contribution < -0.4 is 5.32 Å². The molecule has 132 valence electrons. The Balaban J connectivity index is 1.57. The monoisotopic (exact) mass is 358 g/mol. The van der Waals surface area contributed by atoms with Gasteiger partial charge in [0, 0.05) is 47.7 Å². The van der Waals surface area contributed by atoms with Gasteiger partial charge in [0.05, 0.1) is 16.9 Å². The molecule has 0 aliphatic rings. The second kappa shape index (κ2) is 7.04. The summed E-state index contributed by atoms with van der Waals surface area (Å²) in [6, 6.07) is 15.9. The van der Waals surface area contributed by atoms with Gasteiger partial charge in [-0.2, -0.15) is 0 Å². The molecule has 0 aliphatic carbocycles. The maximum absolute atomic E-state index is 10.9. The van der Waals surface area contributed by atoms with E-state index in [0.717, 1.165) is 16.9 Å². The van der Waals surface area contributed by atoms with Gasteiger partial charge >= 0.3 is 0 Å². The zero-order chi connectivity index (χ0) is 18.6. The molecule has 0 fully saturated rings. The van der Waals surface area contributed by atoms with Gasteiger partial charge in [-0.1, -0.05) is 18.2 Å². The molecule has 0 amide bonds. The Hall–Kier alpha value is -4.07. The molecule has 0 bridgehead atoms. The molecular formula is C19H14N6O2. The van der Waals surface area contributed by atoms with Crippen LogP contribution in [0, 0.1) is 10.1 Å². The summed E-state index contributed by atoms with van der Waals surface area (Å²) in [6.07, 6.45) is 6.98. The number of aromatic nitrogens is 4. The van der Waals surface area contributed by atoms with Crippen LogP contribution in [0.1, 0.15) is 0 Å². The van der Waals surface area contributed by atoms with E-state index in [9.17, 15) is 10.1 Å². The zero-order valence-corrected chi connectivity index (χ0v) is 14.1. The first-order valence-corrected chi connectivity index (χ1v) is 8.12. The molecule has 2 aromatic heterocycles. The predicted octanol–water partition coefficient (Wildman–Crippen LogP) is 3.98. The summed E-state index contributed by atoms with van der Waals surface area (Å²) in [5, 5.41) is 13.9. The van der Waals surface area contributed by atoms with Crippen molar-refractivity contribution in [3.8, 4) is 16.9 Å². The Labute approximate surface area is 154 Å². The van der Waals surface area contributed by atoms with Crippen LogP contribution in [0.3, 0.4) is 0 Å². The van der Waals surface area contributed by atoms with Crippen molar-refractivity contribution in [3.63, 3.8) is 0 Å². The first kappa shape index (κ1) is 16.4. The SMILES string of the molecule is O=[N+]([O-])c1cccc(Nc2nccc(-c3ccc(-n4ccnc4)cc3)n2)c1. The summed E-state index contributed by atoms with van der Waals surface area (Å²) in [5.74, 6) is 0.367. The highest BCUT2D eigenvalue weighted by Gasteiger charge is 2.08.